The van der Waals surface area contributed by atoms with Gasteiger partial charge in [0.25, 0.3) is 0 Å². The highest BCUT2D eigenvalue weighted by Gasteiger charge is 2.75. The number of hydrogen-bond donors (Lipinski definition) is 2. The number of benzene rings is 5. The number of imide groups is 1. The maximum absolute atomic E-state index is 16.4. The topological polar surface area (TPSA) is 147 Å². The number of amides is 3. The molecule has 0 saturated carbocycles. The van der Waals surface area contributed by atoms with E-state index in [2.05, 4.69) is 28.1 Å². The van der Waals surface area contributed by atoms with E-state index >= 15 is 14.4 Å². The monoisotopic (exact) mass is 912 g/mol. The molecule has 68 heavy (non-hydrogen) atoms. The van der Waals surface area contributed by atoms with Crippen LogP contribution in [0.2, 0.25) is 0 Å². The summed E-state index contributed by atoms with van der Waals surface area (Å²) in [4.78, 5) is 67.3. The van der Waals surface area contributed by atoms with Crippen LogP contribution in [0.15, 0.2) is 139 Å². The Morgan fingerprint density at radius 1 is 0.809 bits per heavy atom. The van der Waals surface area contributed by atoms with Gasteiger partial charge in [-0.05, 0) is 108 Å². The lowest BCUT2D eigenvalue weighted by atomic mass is 9.65. The van der Waals surface area contributed by atoms with Crippen LogP contribution in [0, 0.1) is 17.8 Å². The number of carbonyl (C=O) groups is 4. The van der Waals surface area contributed by atoms with Crippen LogP contribution in [0.3, 0.4) is 0 Å². The molecule has 3 amide bonds. The number of hydrogen-bond acceptors (Lipinski definition) is 11. The number of ether oxygens (including phenoxy) is 4. The summed E-state index contributed by atoms with van der Waals surface area (Å²) in [6, 6.07) is 34.8. The third kappa shape index (κ3) is 8.08. The summed E-state index contributed by atoms with van der Waals surface area (Å²) in [6.45, 7) is 2.56. The van der Waals surface area contributed by atoms with Crippen molar-refractivity contribution in [3.63, 3.8) is 0 Å². The number of nitrogens with one attached hydrogen (secondary N) is 1. The van der Waals surface area contributed by atoms with Gasteiger partial charge in [0, 0.05) is 37.1 Å². The number of esters is 1. The smallest absolute Gasteiger partial charge is 0.421 e. The second kappa shape index (κ2) is 19.2. The third-order valence-electron chi connectivity index (χ3n) is 13.8. The van der Waals surface area contributed by atoms with Gasteiger partial charge in [-0.15, -0.1) is 0 Å². The van der Waals surface area contributed by atoms with Crippen LogP contribution in [0.4, 0.5) is 21.9 Å². The zero-order valence-electron chi connectivity index (χ0n) is 37.7. The minimum atomic E-state index is -2.02. The van der Waals surface area contributed by atoms with E-state index in [0.717, 1.165) is 60.5 Å². The minimum Gasteiger partial charge on any atom is -0.508 e. The van der Waals surface area contributed by atoms with Crippen LogP contribution in [0.5, 0.6) is 5.75 Å². The van der Waals surface area contributed by atoms with Gasteiger partial charge in [0.2, 0.25) is 11.8 Å². The van der Waals surface area contributed by atoms with Crippen molar-refractivity contribution in [1.29, 1.82) is 0 Å². The number of allylic oxidation sites excluding steroid dienone is 2. The van der Waals surface area contributed by atoms with E-state index in [1.165, 1.54) is 19.2 Å². The maximum atomic E-state index is 16.4. The van der Waals surface area contributed by atoms with Gasteiger partial charge in [0.1, 0.15) is 29.9 Å². The average Bonchev–Trinajstić information content (AvgIpc) is 3.83. The number of morpholine rings is 2. The molecule has 0 radical (unpaired) electrons. The SMILES string of the molecule is COCCOC(=O)N1C(=O)C2(c3cc(C#CC4=CCCCC4)ccc31)C(C(=O)Nc1ccc(N3CCOCC3)cc1)C1C(=O)OC(c3ccccc3)C(c3ccccc3)N1C2c1ccc(O)cc1. The molecule has 2 N–H and O–H groups in total. The van der Waals surface area contributed by atoms with E-state index < -0.39 is 59.4 Å². The third-order valence-corrected chi connectivity index (χ3v) is 13.8. The zero-order chi connectivity index (χ0) is 46.8. The molecule has 6 atom stereocenters. The number of nitrogens with zero attached hydrogens (tertiary/aromatic N) is 3. The number of phenolic OH excluding ortho intramolecular Hbond substituents is 1. The molecule has 13 nitrogen and oxygen atoms in total. The van der Waals surface area contributed by atoms with Gasteiger partial charge in [-0.1, -0.05) is 90.7 Å². The first-order valence-corrected chi connectivity index (χ1v) is 23.2. The first-order chi connectivity index (χ1) is 33.3. The fraction of sp³-hybridized carbons (Fsp3) is 0.309. The molecule has 1 spiro atoms. The molecule has 346 valence electrons. The molecule has 5 aromatic rings. The van der Waals surface area contributed by atoms with Gasteiger partial charge < -0.3 is 34.3 Å². The quantitative estimate of drug-likeness (QED) is 0.0839. The molecular weight excluding hydrogens is 861 g/mol. The van der Waals surface area contributed by atoms with Gasteiger partial charge in [-0.3, -0.25) is 19.3 Å². The van der Waals surface area contributed by atoms with Gasteiger partial charge in [-0.2, -0.15) is 0 Å². The Hall–Kier alpha value is -7.24. The molecule has 1 aliphatic carbocycles. The van der Waals surface area contributed by atoms with Crippen molar-refractivity contribution in [1.82, 2.24) is 4.90 Å². The average molecular weight is 913 g/mol. The zero-order valence-corrected chi connectivity index (χ0v) is 37.7. The Kier molecular flexibility index (Phi) is 12.6. The number of carbonyl (C=O) groups excluding carboxylic acids is 4. The summed E-state index contributed by atoms with van der Waals surface area (Å²) < 4.78 is 23.1. The summed E-state index contributed by atoms with van der Waals surface area (Å²) >= 11 is 0. The molecule has 0 bridgehead atoms. The molecule has 10 rings (SSSR count). The second-order valence-corrected chi connectivity index (χ2v) is 17.7. The van der Waals surface area contributed by atoms with Gasteiger partial charge in [0.05, 0.1) is 43.5 Å². The van der Waals surface area contributed by atoms with Gasteiger partial charge in [0.15, 0.2) is 0 Å². The minimum absolute atomic E-state index is 0.0249. The van der Waals surface area contributed by atoms with Crippen molar-refractivity contribution in [2.75, 3.05) is 61.7 Å². The largest absolute Gasteiger partial charge is 0.508 e. The Labute approximate surface area is 395 Å². The number of rotatable bonds is 9. The van der Waals surface area contributed by atoms with Crippen molar-refractivity contribution >= 4 is 40.9 Å². The predicted molar refractivity (Wildman–Crippen MR) is 255 cm³/mol. The molecule has 4 aliphatic heterocycles. The number of aromatic hydroxyl groups is 1. The van der Waals surface area contributed by atoms with Gasteiger partial charge >= 0.3 is 12.1 Å². The molecule has 6 unspecified atom stereocenters. The van der Waals surface area contributed by atoms with Crippen molar-refractivity contribution in [2.24, 2.45) is 5.92 Å². The second-order valence-electron chi connectivity index (χ2n) is 17.7. The molecule has 3 saturated heterocycles. The number of methoxy groups -OCH3 is 1. The van der Waals surface area contributed by atoms with Crippen LogP contribution in [-0.4, -0.2) is 86.6 Å². The fourth-order valence-corrected chi connectivity index (χ4v) is 10.8. The highest BCUT2D eigenvalue weighted by atomic mass is 16.6. The Morgan fingerprint density at radius 2 is 1.53 bits per heavy atom. The van der Waals surface area contributed by atoms with Crippen LogP contribution in [0.25, 0.3) is 0 Å². The molecule has 5 aliphatic rings. The molecule has 5 aromatic carbocycles. The summed E-state index contributed by atoms with van der Waals surface area (Å²) in [6.07, 6.45) is 4.20. The molecule has 4 heterocycles. The highest BCUT2D eigenvalue weighted by Crippen LogP contribution is 2.66. The van der Waals surface area contributed by atoms with Crippen LogP contribution in [0.1, 0.15) is 71.7 Å². The van der Waals surface area contributed by atoms with Crippen LogP contribution < -0.4 is 15.1 Å². The first kappa shape index (κ1) is 44.6. The number of phenols is 1. The van der Waals surface area contributed by atoms with Crippen LogP contribution >= 0.6 is 0 Å². The van der Waals surface area contributed by atoms with Gasteiger partial charge in [-0.25, -0.2) is 9.69 Å². The Morgan fingerprint density at radius 3 is 2.22 bits per heavy atom. The predicted octanol–water partition coefficient (Wildman–Crippen LogP) is 8.17. The summed E-state index contributed by atoms with van der Waals surface area (Å²) in [7, 11) is 1.48. The van der Waals surface area contributed by atoms with E-state index in [1.807, 2.05) is 77.7 Å². The summed E-state index contributed by atoms with van der Waals surface area (Å²) in [5.74, 6) is 3.01. The fourth-order valence-electron chi connectivity index (χ4n) is 10.8. The highest BCUT2D eigenvalue weighted by molar-refractivity contribution is 6.24. The van der Waals surface area contributed by atoms with E-state index in [-0.39, 0.29) is 24.7 Å². The molecular formula is C55H52N4O9. The van der Waals surface area contributed by atoms with Crippen molar-refractivity contribution in [3.05, 3.63) is 167 Å². The summed E-state index contributed by atoms with van der Waals surface area (Å²) in [5.41, 5.74) is 3.44. The van der Waals surface area contributed by atoms with E-state index in [1.54, 1.807) is 42.5 Å². The summed E-state index contributed by atoms with van der Waals surface area (Å²) in [5, 5.41) is 13.9. The number of fused-ring (bicyclic) bond motifs is 3. The van der Waals surface area contributed by atoms with Crippen LogP contribution in [-0.2, 0) is 38.7 Å². The lowest BCUT2D eigenvalue weighted by molar-refractivity contribution is -0.177. The normalized spacial score (nSPS) is 24.3. The Bertz CT molecular complexity index is 2780. The van der Waals surface area contributed by atoms with E-state index in [9.17, 15) is 9.90 Å². The standard InChI is InChI=1S/C55H52N4O9/c1-65-33-34-67-54(64)58-45-28-19-37(18-17-36-11-5-2-6-12-36)35-44(45)55(53(58)63)46(51(61)56-41-22-24-42(25-23-41)57-29-31-66-32-30-57)48-52(62)68-49(39-15-9-4-10-16-39)47(38-13-7-3-8-14-38)59(48)50(55)40-20-26-43(60)27-21-40/h3-4,7-11,13-16,19-28,35,46-50,60H,2,5-6,12,29-34H2,1H3,(H,56,61). The number of cyclic esters (lactones) is 1. The lowest BCUT2D eigenvalue weighted by Crippen LogP contribution is -2.54. The maximum Gasteiger partial charge on any atom is 0.421 e. The van der Waals surface area contributed by atoms with E-state index in [0.29, 0.717) is 41.2 Å². The first-order valence-electron chi connectivity index (χ1n) is 23.2. The Balaban J connectivity index is 1.22. The molecule has 0 aromatic heterocycles. The van der Waals surface area contributed by atoms with Crippen molar-refractivity contribution in [3.8, 4) is 17.6 Å². The number of anilines is 3. The van der Waals surface area contributed by atoms with Crippen molar-refractivity contribution in [2.45, 2.75) is 55.3 Å². The molecule has 3 fully saturated rings. The lowest BCUT2D eigenvalue weighted by Gasteiger charge is -2.46. The van der Waals surface area contributed by atoms with Crippen molar-refractivity contribution < 1.29 is 43.2 Å². The van der Waals surface area contributed by atoms with E-state index in [4.69, 9.17) is 18.9 Å². The molecule has 13 heteroatoms.